The number of carbonyl (C=O) groups excluding carboxylic acids is 1. The summed E-state index contributed by atoms with van der Waals surface area (Å²) in [5.41, 5.74) is 5.56. The smallest absolute Gasteiger partial charge is 0.323 e. The number of methoxy groups -OCH3 is 1. The van der Waals surface area contributed by atoms with E-state index in [4.69, 9.17) is 15.2 Å². The van der Waals surface area contributed by atoms with Gasteiger partial charge in [-0.3, -0.25) is 4.79 Å². The Kier molecular flexibility index (Phi) is 6.54. The van der Waals surface area contributed by atoms with E-state index in [9.17, 15) is 4.79 Å². The first-order valence-electron chi connectivity index (χ1n) is 4.56. The zero-order chi connectivity index (χ0) is 10.3. The molecule has 1 unspecified atom stereocenters. The minimum absolute atomic E-state index is 0.222. The van der Waals surface area contributed by atoms with Crippen molar-refractivity contribution in [3.8, 4) is 0 Å². The van der Waals surface area contributed by atoms with Crippen LogP contribution in [0.5, 0.6) is 0 Å². The first kappa shape index (κ1) is 12.4. The quantitative estimate of drug-likeness (QED) is 0.624. The van der Waals surface area contributed by atoms with Gasteiger partial charge in [-0.2, -0.15) is 0 Å². The third kappa shape index (κ3) is 5.60. The highest BCUT2D eigenvalue weighted by Crippen LogP contribution is 1.99. The van der Waals surface area contributed by atoms with Gasteiger partial charge in [-0.1, -0.05) is 13.3 Å². The molecule has 0 aliphatic carbocycles. The second-order valence-corrected chi connectivity index (χ2v) is 3.10. The van der Waals surface area contributed by atoms with Crippen LogP contribution in [0, 0.1) is 0 Å². The number of hydrogen-bond donors (Lipinski definition) is 1. The van der Waals surface area contributed by atoms with Crippen LogP contribution in [0.2, 0.25) is 0 Å². The molecule has 0 bridgehead atoms. The number of hydrogen-bond acceptors (Lipinski definition) is 4. The van der Waals surface area contributed by atoms with Gasteiger partial charge in [-0.15, -0.1) is 0 Å². The molecule has 13 heavy (non-hydrogen) atoms. The van der Waals surface area contributed by atoms with Gasteiger partial charge in [0.15, 0.2) is 0 Å². The molecule has 78 valence electrons. The van der Waals surface area contributed by atoms with Crippen LogP contribution in [0.3, 0.4) is 0 Å². The topological polar surface area (TPSA) is 61.6 Å². The van der Waals surface area contributed by atoms with Crippen LogP contribution >= 0.6 is 0 Å². The summed E-state index contributed by atoms with van der Waals surface area (Å²) in [6.07, 6.45) is 1.33. The van der Waals surface area contributed by atoms with Gasteiger partial charge < -0.3 is 15.2 Å². The molecular weight excluding hydrogens is 170 g/mol. The van der Waals surface area contributed by atoms with Gasteiger partial charge in [0.05, 0.1) is 6.61 Å². The maximum atomic E-state index is 11.2. The van der Waals surface area contributed by atoms with Crippen LogP contribution in [0.25, 0.3) is 0 Å². The molecule has 0 radical (unpaired) electrons. The molecule has 0 spiro atoms. The third-order valence-electron chi connectivity index (χ3n) is 1.62. The van der Waals surface area contributed by atoms with Gasteiger partial charge in [0.1, 0.15) is 12.1 Å². The molecule has 2 atom stereocenters. The van der Waals surface area contributed by atoms with E-state index < -0.39 is 6.04 Å². The fourth-order valence-electron chi connectivity index (χ4n) is 0.983. The van der Waals surface area contributed by atoms with Crippen molar-refractivity contribution in [1.29, 1.82) is 0 Å². The zero-order valence-electron chi connectivity index (χ0n) is 8.58. The average Bonchev–Trinajstić information content (AvgIpc) is 2.05. The SMILES string of the molecule is CCC[C@@H](N)C(=O)OC(C)COC. The molecule has 0 aromatic heterocycles. The summed E-state index contributed by atoms with van der Waals surface area (Å²) >= 11 is 0. The average molecular weight is 189 g/mol. The van der Waals surface area contributed by atoms with Gasteiger partial charge in [0, 0.05) is 7.11 Å². The maximum absolute atomic E-state index is 11.2. The van der Waals surface area contributed by atoms with E-state index in [-0.39, 0.29) is 12.1 Å². The van der Waals surface area contributed by atoms with Crippen molar-refractivity contribution < 1.29 is 14.3 Å². The van der Waals surface area contributed by atoms with Crippen molar-refractivity contribution in [2.75, 3.05) is 13.7 Å². The predicted molar refractivity (Wildman–Crippen MR) is 50.3 cm³/mol. The van der Waals surface area contributed by atoms with Crippen LogP contribution in [0.15, 0.2) is 0 Å². The van der Waals surface area contributed by atoms with E-state index in [0.717, 1.165) is 6.42 Å². The monoisotopic (exact) mass is 189 g/mol. The molecule has 0 rings (SSSR count). The van der Waals surface area contributed by atoms with E-state index >= 15 is 0 Å². The Morgan fingerprint density at radius 1 is 1.54 bits per heavy atom. The molecule has 0 amide bonds. The van der Waals surface area contributed by atoms with Crippen LogP contribution in [-0.2, 0) is 14.3 Å². The Morgan fingerprint density at radius 2 is 2.15 bits per heavy atom. The summed E-state index contributed by atoms with van der Waals surface area (Å²) in [6, 6.07) is -0.496. The van der Waals surface area contributed by atoms with Crippen molar-refractivity contribution in [3.63, 3.8) is 0 Å². The fourth-order valence-corrected chi connectivity index (χ4v) is 0.983. The Labute approximate surface area is 79.4 Å². The summed E-state index contributed by atoms with van der Waals surface area (Å²) in [5, 5.41) is 0. The second-order valence-electron chi connectivity index (χ2n) is 3.10. The first-order valence-corrected chi connectivity index (χ1v) is 4.56. The predicted octanol–water partition coefficient (Wildman–Crippen LogP) is 0.692. The lowest BCUT2D eigenvalue weighted by Crippen LogP contribution is -2.35. The normalized spacial score (nSPS) is 15.1. The molecule has 0 heterocycles. The second kappa shape index (κ2) is 6.86. The summed E-state index contributed by atoms with van der Waals surface area (Å²) in [4.78, 5) is 11.2. The highest BCUT2D eigenvalue weighted by Gasteiger charge is 2.16. The number of rotatable bonds is 6. The van der Waals surface area contributed by atoms with Crippen molar-refractivity contribution in [2.45, 2.75) is 38.8 Å². The summed E-state index contributed by atoms with van der Waals surface area (Å²) in [7, 11) is 1.57. The Balaban J connectivity index is 3.71. The van der Waals surface area contributed by atoms with E-state index in [2.05, 4.69) is 0 Å². The Morgan fingerprint density at radius 3 is 2.62 bits per heavy atom. The van der Waals surface area contributed by atoms with E-state index in [1.54, 1.807) is 14.0 Å². The van der Waals surface area contributed by atoms with Gasteiger partial charge in [-0.25, -0.2) is 0 Å². The molecule has 4 nitrogen and oxygen atoms in total. The van der Waals surface area contributed by atoms with E-state index in [1.165, 1.54) is 0 Å². The van der Waals surface area contributed by atoms with Gasteiger partial charge in [0.25, 0.3) is 0 Å². The van der Waals surface area contributed by atoms with Crippen LogP contribution < -0.4 is 5.73 Å². The van der Waals surface area contributed by atoms with Gasteiger partial charge in [-0.05, 0) is 13.3 Å². The van der Waals surface area contributed by atoms with Gasteiger partial charge >= 0.3 is 5.97 Å². The molecule has 4 heteroatoms. The summed E-state index contributed by atoms with van der Waals surface area (Å²) in [5.74, 6) is -0.341. The molecule has 0 fully saturated rings. The summed E-state index contributed by atoms with van der Waals surface area (Å²) in [6.45, 7) is 4.16. The maximum Gasteiger partial charge on any atom is 0.323 e. The van der Waals surface area contributed by atoms with Gasteiger partial charge in [0.2, 0.25) is 0 Å². The highest BCUT2D eigenvalue weighted by atomic mass is 16.6. The molecule has 0 aromatic rings. The van der Waals surface area contributed by atoms with Crippen molar-refractivity contribution in [3.05, 3.63) is 0 Å². The van der Waals surface area contributed by atoms with Crippen molar-refractivity contribution in [1.82, 2.24) is 0 Å². The standard InChI is InChI=1S/C9H19NO3/c1-4-5-8(10)9(11)13-7(2)6-12-3/h7-8H,4-6,10H2,1-3H3/t7?,8-/m1/s1. The van der Waals surface area contributed by atoms with Crippen molar-refractivity contribution >= 4 is 5.97 Å². The Hall–Kier alpha value is -0.610. The third-order valence-corrected chi connectivity index (χ3v) is 1.62. The van der Waals surface area contributed by atoms with Crippen molar-refractivity contribution in [2.24, 2.45) is 5.73 Å². The largest absolute Gasteiger partial charge is 0.459 e. The number of esters is 1. The van der Waals surface area contributed by atoms with Crippen LogP contribution in [-0.4, -0.2) is 31.8 Å². The minimum atomic E-state index is -0.496. The lowest BCUT2D eigenvalue weighted by atomic mass is 10.2. The fraction of sp³-hybridized carbons (Fsp3) is 0.889. The minimum Gasteiger partial charge on any atom is -0.459 e. The summed E-state index contributed by atoms with van der Waals surface area (Å²) < 4.78 is 9.84. The highest BCUT2D eigenvalue weighted by molar-refractivity contribution is 5.75. The number of carbonyl (C=O) groups is 1. The molecule has 0 aromatic carbocycles. The first-order chi connectivity index (χ1) is 6.11. The molecule has 0 aliphatic heterocycles. The zero-order valence-corrected chi connectivity index (χ0v) is 8.58. The molecule has 2 N–H and O–H groups in total. The molecular formula is C9H19NO3. The molecule has 0 saturated carbocycles. The molecule has 0 aliphatic rings. The van der Waals surface area contributed by atoms with Crippen LogP contribution in [0.4, 0.5) is 0 Å². The van der Waals surface area contributed by atoms with E-state index in [0.29, 0.717) is 13.0 Å². The molecule has 0 saturated heterocycles. The number of nitrogens with two attached hydrogens (primary N) is 1. The lowest BCUT2D eigenvalue weighted by molar-refractivity contribution is -0.152. The van der Waals surface area contributed by atoms with E-state index in [1.807, 2.05) is 6.92 Å². The Bertz CT molecular complexity index is 150. The number of ether oxygens (including phenoxy) is 2. The lowest BCUT2D eigenvalue weighted by Gasteiger charge is -2.15. The van der Waals surface area contributed by atoms with Crippen LogP contribution in [0.1, 0.15) is 26.7 Å².